The van der Waals surface area contributed by atoms with Gasteiger partial charge in [0.25, 0.3) is 5.91 Å². The molecule has 1 atom stereocenters. The molecule has 0 aliphatic carbocycles. The average molecular weight is 349 g/mol. The Morgan fingerprint density at radius 3 is 2.54 bits per heavy atom. The van der Waals surface area contributed by atoms with E-state index in [1.165, 1.54) is 0 Å². The molecule has 3 aromatic rings. The largest absolute Gasteiger partial charge is 0.497 e. The summed E-state index contributed by atoms with van der Waals surface area (Å²) in [4.78, 5) is 24.3. The minimum atomic E-state index is -1.08. The first-order chi connectivity index (χ1) is 12.6. The van der Waals surface area contributed by atoms with Crippen molar-refractivity contribution in [1.29, 1.82) is 0 Å². The van der Waals surface area contributed by atoms with Crippen LogP contribution in [0.25, 0.3) is 10.8 Å². The summed E-state index contributed by atoms with van der Waals surface area (Å²) in [5, 5.41) is 13.9. The molecule has 0 aliphatic rings. The number of fused-ring (bicyclic) bond motifs is 1. The van der Waals surface area contributed by atoms with Gasteiger partial charge in [0.15, 0.2) is 0 Å². The van der Waals surface area contributed by atoms with Crippen LogP contribution in [-0.2, 0) is 11.2 Å². The van der Waals surface area contributed by atoms with Crippen molar-refractivity contribution in [1.82, 2.24) is 5.32 Å². The molecular weight excluding hydrogens is 330 g/mol. The van der Waals surface area contributed by atoms with Crippen LogP contribution in [0, 0.1) is 0 Å². The molecule has 0 spiro atoms. The second-order valence-electron chi connectivity index (χ2n) is 5.95. The van der Waals surface area contributed by atoms with Crippen LogP contribution in [0.15, 0.2) is 66.7 Å². The fraction of sp³-hybridized carbons (Fsp3) is 0.143. The molecule has 2 N–H and O–H groups in total. The van der Waals surface area contributed by atoms with Crippen molar-refractivity contribution < 1.29 is 19.4 Å². The molecule has 0 radical (unpaired) electrons. The number of nitrogens with one attached hydrogen (secondary N) is 1. The van der Waals surface area contributed by atoms with Crippen molar-refractivity contribution in [3.8, 4) is 5.75 Å². The number of rotatable bonds is 6. The van der Waals surface area contributed by atoms with E-state index in [0.29, 0.717) is 11.3 Å². The Labute approximate surface area is 151 Å². The molecule has 5 nitrogen and oxygen atoms in total. The van der Waals surface area contributed by atoms with Gasteiger partial charge in [-0.1, -0.05) is 48.5 Å². The number of amides is 1. The van der Waals surface area contributed by atoms with Gasteiger partial charge in [0, 0.05) is 12.0 Å². The monoisotopic (exact) mass is 349 g/mol. The zero-order valence-corrected chi connectivity index (χ0v) is 14.3. The summed E-state index contributed by atoms with van der Waals surface area (Å²) in [6.07, 6.45) is 0.170. The summed E-state index contributed by atoms with van der Waals surface area (Å²) in [5.74, 6) is -0.842. The van der Waals surface area contributed by atoms with Crippen molar-refractivity contribution in [3.05, 3.63) is 77.9 Å². The van der Waals surface area contributed by atoms with E-state index in [0.717, 1.165) is 16.3 Å². The average Bonchev–Trinajstić information content (AvgIpc) is 2.67. The fourth-order valence-electron chi connectivity index (χ4n) is 2.89. The third-order valence-corrected chi connectivity index (χ3v) is 4.21. The zero-order valence-electron chi connectivity index (χ0n) is 14.3. The van der Waals surface area contributed by atoms with E-state index in [1.807, 2.05) is 36.4 Å². The lowest BCUT2D eigenvalue weighted by Gasteiger charge is -2.16. The highest BCUT2D eigenvalue weighted by atomic mass is 16.5. The minimum absolute atomic E-state index is 0.170. The van der Waals surface area contributed by atoms with Gasteiger partial charge in [-0.15, -0.1) is 0 Å². The predicted octanol–water partition coefficient (Wildman–Crippen LogP) is 3.27. The summed E-state index contributed by atoms with van der Waals surface area (Å²) in [6, 6.07) is 19.0. The smallest absolute Gasteiger partial charge is 0.326 e. The number of hydrogen-bond acceptors (Lipinski definition) is 3. The Kier molecular flexibility index (Phi) is 5.17. The standard InChI is InChI=1S/C21H19NO4/c1-26-16-9-4-6-14(12-16)13-19(21(24)25)22-20(23)18-11-5-8-15-7-2-3-10-17(15)18/h2-12,19H,13H2,1H3,(H,22,23)(H,24,25)/t19-/m0/s1. The van der Waals surface area contributed by atoms with Crippen LogP contribution in [-0.4, -0.2) is 30.1 Å². The number of aliphatic carboxylic acids is 1. The number of methoxy groups -OCH3 is 1. The number of carbonyl (C=O) groups excluding carboxylic acids is 1. The second-order valence-corrected chi connectivity index (χ2v) is 5.95. The Hall–Kier alpha value is -3.34. The molecule has 5 heteroatoms. The fourth-order valence-corrected chi connectivity index (χ4v) is 2.89. The van der Waals surface area contributed by atoms with E-state index in [9.17, 15) is 14.7 Å². The van der Waals surface area contributed by atoms with Gasteiger partial charge in [-0.2, -0.15) is 0 Å². The van der Waals surface area contributed by atoms with E-state index in [1.54, 1.807) is 37.4 Å². The molecule has 0 bridgehead atoms. The van der Waals surface area contributed by atoms with E-state index in [-0.39, 0.29) is 6.42 Å². The molecule has 132 valence electrons. The van der Waals surface area contributed by atoms with E-state index in [4.69, 9.17) is 4.74 Å². The lowest BCUT2D eigenvalue weighted by atomic mass is 10.0. The van der Waals surface area contributed by atoms with Crippen molar-refractivity contribution in [3.63, 3.8) is 0 Å². The highest BCUT2D eigenvalue weighted by Gasteiger charge is 2.22. The minimum Gasteiger partial charge on any atom is -0.497 e. The molecule has 3 aromatic carbocycles. The molecular formula is C21H19NO4. The van der Waals surface area contributed by atoms with Crippen LogP contribution in [0.2, 0.25) is 0 Å². The lowest BCUT2D eigenvalue weighted by molar-refractivity contribution is -0.139. The van der Waals surface area contributed by atoms with Crippen LogP contribution >= 0.6 is 0 Å². The van der Waals surface area contributed by atoms with Gasteiger partial charge in [0.1, 0.15) is 11.8 Å². The number of carbonyl (C=O) groups is 2. The Balaban J connectivity index is 1.83. The summed E-state index contributed by atoms with van der Waals surface area (Å²) in [5.41, 5.74) is 1.23. The zero-order chi connectivity index (χ0) is 18.5. The molecule has 0 aliphatic heterocycles. The number of benzene rings is 3. The second kappa shape index (κ2) is 7.70. The molecule has 26 heavy (non-hydrogen) atoms. The SMILES string of the molecule is COc1cccc(C[C@H](NC(=O)c2cccc3ccccc23)C(=O)O)c1. The van der Waals surface area contributed by atoms with Crippen LogP contribution in [0.3, 0.4) is 0 Å². The first-order valence-corrected chi connectivity index (χ1v) is 8.23. The first kappa shape index (κ1) is 17.5. The first-order valence-electron chi connectivity index (χ1n) is 8.23. The molecule has 0 fully saturated rings. The van der Waals surface area contributed by atoms with Crippen LogP contribution < -0.4 is 10.1 Å². The van der Waals surface area contributed by atoms with Gasteiger partial charge in [0.2, 0.25) is 0 Å². The van der Waals surface area contributed by atoms with Crippen molar-refractivity contribution in [2.75, 3.05) is 7.11 Å². The van der Waals surface area contributed by atoms with Crippen molar-refractivity contribution in [2.24, 2.45) is 0 Å². The maximum atomic E-state index is 12.7. The number of carboxylic acid groups (broad SMARTS) is 1. The Morgan fingerprint density at radius 1 is 1.04 bits per heavy atom. The maximum absolute atomic E-state index is 12.7. The third-order valence-electron chi connectivity index (χ3n) is 4.21. The quantitative estimate of drug-likeness (QED) is 0.716. The molecule has 0 unspecified atom stereocenters. The maximum Gasteiger partial charge on any atom is 0.326 e. The lowest BCUT2D eigenvalue weighted by Crippen LogP contribution is -2.42. The highest BCUT2D eigenvalue weighted by molar-refractivity contribution is 6.07. The Bertz CT molecular complexity index is 946. The topological polar surface area (TPSA) is 75.6 Å². The van der Waals surface area contributed by atoms with Crippen LogP contribution in [0.1, 0.15) is 15.9 Å². The molecule has 1 amide bonds. The summed E-state index contributed by atoms with van der Waals surface area (Å²) in [7, 11) is 1.55. The number of ether oxygens (including phenoxy) is 1. The van der Waals surface area contributed by atoms with E-state index in [2.05, 4.69) is 5.32 Å². The summed E-state index contributed by atoms with van der Waals surface area (Å²) >= 11 is 0. The third kappa shape index (κ3) is 3.83. The summed E-state index contributed by atoms with van der Waals surface area (Å²) < 4.78 is 5.16. The molecule has 0 saturated carbocycles. The van der Waals surface area contributed by atoms with E-state index < -0.39 is 17.9 Å². The van der Waals surface area contributed by atoms with Gasteiger partial charge >= 0.3 is 5.97 Å². The highest BCUT2D eigenvalue weighted by Crippen LogP contribution is 2.19. The number of carboxylic acids is 1. The van der Waals surface area contributed by atoms with E-state index >= 15 is 0 Å². The molecule has 0 aromatic heterocycles. The molecule has 3 rings (SSSR count). The summed E-state index contributed by atoms with van der Waals surface area (Å²) in [6.45, 7) is 0. The van der Waals surface area contributed by atoms with Crippen molar-refractivity contribution in [2.45, 2.75) is 12.5 Å². The Morgan fingerprint density at radius 2 is 1.77 bits per heavy atom. The van der Waals surface area contributed by atoms with Gasteiger partial charge in [-0.3, -0.25) is 4.79 Å². The van der Waals surface area contributed by atoms with Gasteiger partial charge in [-0.25, -0.2) is 4.79 Å². The van der Waals surface area contributed by atoms with Gasteiger partial charge in [-0.05, 0) is 34.5 Å². The molecule has 0 heterocycles. The molecule has 0 saturated heterocycles. The van der Waals surface area contributed by atoms with Gasteiger partial charge in [0.05, 0.1) is 7.11 Å². The van der Waals surface area contributed by atoms with Crippen LogP contribution in [0.4, 0.5) is 0 Å². The normalized spacial score (nSPS) is 11.7. The van der Waals surface area contributed by atoms with Crippen molar-refractivity contribution >= 4 is 22.6 Å². The number of hydrogen-bond donors (Lipinski definition) is 2. The predicted molar refractivity (Wildman–Crippen MR) is 99.5 cm³/mol. The van der Waals surface area contributed by atoms with Crippen LogP contribution in [0.5, 0.6) is 5.75 Å². The van der Waals surface area contributed by atoms with Gasteiger partial charge < -0.3 is 15.2 Å².